The van der Waals surface area contributed by atoms with Crippen LogP contribution >= 0.6 is 11.3 Å². The van der Waals surface area contributed by atoms with Crippen molar-refractivity contribution < 1.29 is 9.53 Å². The molecule has 3 heteroatoms. The summed E-state index contributed by atoms with van der Waals surface area (Å²) in [7, 11) is 1.59. The van der Waals surface area contributed by atoms with Gasteiger partial charge in [0.15, 0.2) is 5.78 Å². The van der Waals surface area contributed by atoms with Crippen molar-refractivity contribution in [3.63, 3.8) is 0 Å². The fourth-order valence-electron chi connectivity index (χ4n) is 1.71. The monoisotopic (exact) mass is 246 g/mol. The number of hydrogen-bond acceptors (Lipinski definition) is 3. The molecule has 0 saturated carbocycles. The SMILES string of the molecule is COc1ccc(C)cc1C(=O)Cc1ccsc1. The minimum Gasteiger partial charge on any atom is -0.496 e. The van der Waals surface area contributed by atoms with Gasteiger partial charge in [0.2, 0.25) is 0 Å². The number of rotatable bonds is 4. The predicted octanol–water partition coefficient (Wildman–Crippen LogP) is 3.49. The summed E-state index contributed by atoms with van der Waals surface area (Å²) in [6.07, 6.45) is 0.434. The first-order chi connectivity index (χ1) is 8.20. The Morgan fingerprint density at radius 2 is 2.18 bits per heavy atom. The maximum Gasteiger partial charge on any atom is 0.170 e. The van der Waals surface area contributed by atoms with Crippen molar-refractivity contribution in [2.45, 2.75) is 13.3 Å². The van der Waals surface area contributed by atoms with Gasteiger partial charge < -0.3 is 4.74 Å². The van der Waals surface area contributed by atoms with E-state index in [4.69, 9.17) is 4.74 Å². The molecule has 0 aliphatic carbocycles. The third kappa shape index (κ3) is 2.74. The lowest BCUT2D eigenvalue weighted by molar-refractivity contribution is 0.0990. The number of ketones is 1. The van der Waals surface area contributed by atoms with Crippen LogP contribution < -0.4 is 4.74 Å². The van der Waals surface area contributed by atoms with E-state index in [0.29, 0.717) is 17.7 Å². The van der Waals surface area contributed by atoms with Crippen molar-refractivity contribution >= 4 is 17.1 Å². The number of hydrogen-bond donors (Lipinski definition) is 0. The second-order valence-corrected chi connectivity index (χ2v) is 4.72. The van der Waals surface area contributed by atoms with Crippen LogP contribution in [0.3, 0.4) is 0 Å². The molecule has 0 radical (unpaired) electrons. The highest BCUT2D eigenvalue weighted by Gasteiger charge is 2.13. The van der Waals surface area contributed by atoms with E-state index >= 15 is 0 Å². The number of thiophene rings is 1. The van der Waals surface area contributed by atoms with E-state index < -0.39 is 0 Å². The molecule has 0 aliphatic heterocycles. The van der Waals surface area contributed by atoms with Crippen LogP contribution in [0.15, 0.2) is 35.0 Å². The zero-order chi connectivity index (χ0) is 12.3. The molecule has 0 saturated heterocycles. The Morgan fingerprint density at radius 1 is 1.35 bits per heavy atom. The first-order valence-corrected chi connectivity index (χ1v) is 6.34. The van der Waals surface area contributed by atoms with Crippen LogP contribution in [0, 0.1) is 6.92 Å². The Bertz CT molecular complexity index is 515. The van der Waals surface area contributed by atoms with Gasteiger partial charge in [-0.3, -0.25) is 4.79 Å². The summed E-state index contributed by atoms with van der Waals surface area (Å²) in [6.45, 7) is 1.97. The quantitative estimate of drug-likeness (QED) is 0.772. The molecule has 2 aromatic rings. The molecule has 0 atom stereocenters. The van der Waals surface area contributed by atoms with Gasteiger partial charge in [0.1, 0.15) is 5.75 Å². The largest absolute Gasteiger partial charge is 0.496 e. The molecular formula is C14H14O2S. The Labute approximate surface area is 105 Å². The number of Topliss-reactive ketones (excluding diaryl/α,β-unsaturated/α-hetero) is 1. The average molecular weight is 246 g/mol. The molecule has 1 aromatic heterocycles. The lowest BCUT2D eigenvalue weighted by atomic mass is 10.0. The maximum absolute atomic E-state index is 12.2. The van der Waals surface area contributed by atoms with Gasteiger partial charge in [-0.15, -0.1) is 0 Å². The highest BCUT2D eigenvalue weighted by atomic mass is 32.1. The normalized spacial score (nSPS) is 10.2. The minimum absolute atomic E-state index is 0.101. The van der Waals surface area contributed by atoms with Crippen LogP contribution in [0.1, 0.15) is 21.5 Å². The van der Waals surface area contributed by atoms with Gasteiger partial charge in [-0.05, 0) is 41.4 Å². The lowest BCUT2D eigenvalue weighted by Crippen LogP contribution is -2.05. The van der Waals surface area contributed by atoms with Crippen LogP contribution in [-0.2, 0) is 6.42 Å². The van der Waals surface area contributed by atoms with Crippen molar-refractivity contribution in [2.75, 3.05) is 7.11 Å². The summed E-state index contributed by atoms with van der Waals surface area (Å²) < 4.78 is 5.22. The van der Waals surface area contributed by atoms with Gasteiger partial charge in [-0.25, -0.2) is 0 Å². The average Bonchev–Trinajstić information content (AvgIpc) is 2.81. The molecule has 2 rings (SSSR count). The Morgan fingerprint density at radius 3 is 2.82 bits per heavy atom. The lowest BCUT2D eigenvalue weighted by Gasteiger charge is -2.08. The Hall–Kier alpha value is -1.61. The molecule has 0 fully saturated rings. The Kier molecular flexibility index (Phi) is 3.59. The molecule has 1 heterocycles. The van der Waals surface area contributed by atoms with E-state index in [0.717, 1.165) is 11.1 Å². The second kappa shape index (κ2) is 5.15. The van der Waals surface area contributed by atoms with Crippen LogP contribution in [0.2, 0.25) is 0 Å². The summed E-state index contributed by atoms with van der Waals surface area (Å²) >= 11 is 1.61. The van der Waals surface area contributed by atoms with E-state index in [1.54, 1.807) is 18.4 Å². The van der Waals surface area contributed by atoms with Crippen molar-refractivity contribution in [3.8, 4) is 5.75 Å². The highest BCUT2D eigenvalue weighted by molar-refractivity contribution is 7.08. The number of ether oxygens (including phenoxy) is 1. The standard InChI is InChI=1S/C14H14O2S/c1-10-3-4-14(16-2)12(7-10)13(15)8-11-5-6-17-9-11/h3-7,9H,8H2,1-2H3. The van der Waals surface area contributed by atoms with Gasteiger partial charge in [0.05, 0.1) is 12.7 Å². The first-order valence-electron chi connectivity index (χ1n) is 5.39. The predicted molar refractivity (Wildman–Crippen MR) is 70.1 cm³/mol. The van der Waals surface area contributed by atoms with E-state index in [1.165, 1.54) is 0 Å². The first kappa shape index (κ1) is 11.9. The van der Waals surface area contributed by atoms with E-state index in [1.807, 2.05) is 41.9 Å². The van der Waals surface area contributed by atoms with Crippen LogP contribution in [0.4, 0.5) is 0 Å². The van der Waals surface area contributed by atoms with Gasteiger partial charge in [0, 0.05) is 6.42 Å². The van der Waals surface area contributed by atoms with Gasteiger partial charge in [0.25, 0.3) is 0 Å². The molecule has 2 nitrogen and oxygen atoms in total. The summed E-state index contributed by atoms with van der Waals surface area (Å²) in [5, 5.41) is 3.98. The molecule has 1 aromatic carbocycles. The minimum atomic E-state index is 0.101. The van der Waals surface area contributed by atoms with E-state index in [-0.39, 0.29) is 5.78 Å². The fourth-order valence-corrected chi connectivity index (χ4v) is 2.38. The summed E-state index contributed by atoms with van der Waals surface area (Å²) in [5.74, 6) is 0.750. The zero-order valence-corrected chi connectivity index (χ0v) is 10.7. The van der Waals surface area contributed by atoms with Gasteiger partial charge >= 0.3 is 0 Å². The second-order valence-electron chi connectivity index (χ2n) is 3.94. The molecule has 0 bridgehead atoms. The fraction of sp³-hybridized carbons (Fsp3) is 0.214. The highest BCUT2D eigenvalue weighted by Crippen LogP contribution is 2.22. The molecule has 0 N–H and O–H groups in total. The molecule has 0 amide bonds. The van der Waals surface area contributed by atoms with Crippen LogP contribution in [0.5, 0.6) is 5.75 Å². The van der Waals surface area contributed by atoms with Crippen molar-refractivity contribution in [2.24, 2.45) is 0 Å². The summed E-state index contributed by atoms with van der Waals surface area (Å²) in [6, 6.07) is 7.65. The molecule has 0 aliphatic rings. The third-order valence-electron chi connectivity index (χ3n) is 2.60. The van der Waals surface area contributed by atoms with Crippen molar-refractivity contribution in [1.29, 1.82) is 0 Å². The van der Waals surface area contributed by atoms with Gasteiger partial charge in [-0.1, -0.05) is 11.6 Å². The van der Waals surface area contributed by atoms with Crippen LogP contribution in [-0.4, -0.2) is 12.9 Å². The summed E-state index contributed by atoms with van der Waals surface area (Å²) in [5.41, 5.74) is 2.79. The van der Waals surface area contributed by atoms with Crippen molar-refractivity contribution in [3.05, 3.63) is 51.7 Å². The Balaban J connectivity index is 2.26. The number of carbonyl (C=O) groups excluding carboxylic acids is 1. The number of aryl methyl sites for hydroxylation is 1. The molecule has 88 valence electrons. The van der Waals surface area contributed by atoms with Crippen molar-refractivity contribution in [1.82, 2.24) is 0 Å². The number of carbonyl (C=O) groups is 1. The van der Waals surface area contributed by atoms with E-state index in [9.17, 15) is 4.79 Å². The van der Waals surface area contributed by atoms with Crippen LogP contribution in [0.25, 0.3) is 0 Å². The summed E-state index contributed by atoms with van der Waals surface area (Å²) in [4.78, 5) is 12.2. The van der Waals surface area contributed by atoms with E-state index in [2.05, 4.69) is 0 Å². The third-order valence-corrected chi connectivity index (χ3v) is 3.33. The molecule has 17 heavy (non-hydrogen) atoms. The van der Waals surface area contributed by atoms with Gasteiger partial charge in [-0.2, -0.15) is 11.3 Å². The smallest absolute Gasteiger partial charge is 0.170 e. The molecular weight excluding hydrogens is 232 g/mol. The number of methoxy groups -OCH3 is 1. The molecule has 0 spiro atoms. The number of benzene rings is 1. The zero-order valence-electron chi connectivity index (χ0n) is 9.90. The maximum atomic E-state index is 12.2. The topological polar surface area (TPSA) is 26.3 Å². The molecule has 0 unspecified atom stereocenters.